The zero-order valence-corrected chi connectivity index (χ0v) is 47.3. The first-order valence-corrected chi connectivity index (χ1v) is 31.5. The average molecular weight is 967 g/mol. The van der Waals surface area contributed by atoms with E-state index in [1.54, 1.807) is 0 Å². The van der Waals surface area contributed by atoms with Gasteiger partial charge in [0.1, 0.15) is 0 Å². The Bertz CT molecular complexity index is 2110. The van der Waals surface area contributed by atoms with E-state index >= 15 is 0 Å². The van der Waals surface area contributed by atoms with Crippen molar-refractivity contribution in [1.29, 1.82) is 0 Å². The van der Waals surface area contributed by atoms with Crippen LogP contribution in [0.4, 0.5) is 0 Å². The van der Waals surface area contributed by atoms with Crippen LogP contribution in [0.15, 0.2) is 84.9 Å². The first kappa shape index (κ1) is 54.1. The molecule has 0 aliphatic carbocycles. The number of fused-ring (bicyclic) bond motifs is 2. The zero-order valence-electron chi connectivity index (χ0n) is 42.3. The molecular weight excluding hydrogens is 887 g/mol. The first-order chi connectivity index (χ1) is 28.8. The fraction of sp³-hybridized carbons (Fsp3) is 0.483. The van der Waals surface area contributed by atoms with Gasteiger partial charge in [-0.3, -0.25) is 0 Å². The Morgan fingerprint density at radius 1 is 0.435 bits per heavy atom. The normalized spacial score (nSPS) is 11.9. The molecule has 2 radical (unpaired) electrons. The predicted molar refractivity (Wildman–Crippen MR) is 281 cm³/mol. The number of halogens is 2. The molecule has 0 atom stereocenters. The minimum absolute atomic E-state index is 0.164. The van der Waals surface area contributed by atoms with E-state index in [-0.39, 0.29) is 10.8 Å². The van der Waals surface area contributed by atoms with Gasteiger partial charge in [-0.2, -0.15) is 12.1 Å². The van der Waals surface area contributed by atoms with Crippen LogP contribution in [-0.4, -0.2) is 9.52 Å². The van der Waals surface area contributed by atoms with Crippen LogP contribution < -0.4 is 0 Å². The van der Waals surface area contributed by atoms with E-state index in [4.69, 9.17) is 17.0 Å². The molecule has 62 heavy (non-hydrogen) atoms. The van der Waals surface area contributed by atoms with Crippen molar-refractivity contribution < 1.29 is 20.8 Å². The summed E-state index contributed by atoms with van der Waals surface area (Å²) in [5.41, 5.74) is 17.5. The second-order valence-electron chi connectivity index (χ2n) is 21.3. The molecule has 6 aromatic carbocycles. The third-order valence-electron chi connectivity index (χ3n) is 12.0. The first-order valence-electron chi connectivity index (χ1n) is 23.1. The van der Waals surface area contributed by atoms with E-state index in [0.717, 1.165) is 9.52 Å². The van der Waals surface area contributed by atoms with E-state index in [1.807, 2.05) is 0 Å². The summed E-state index contributed by atoms with van der Waals surface area (Å²) in [6.07, 6.45) is 0. The van der Waals surface area contributed by atoms with Gasteiger partial charge in [0.05, 0.1) is 0 Å². The average Bonchev–Trinajstić information content (AvgIpc) is 3.83. The Morgan fingerprint density at radius 2 is 0.694 bits per heavy atom. The third-order valence-corrected chi connectivity index (χ3v) is 12.0. The second kappa shape index (κ2) is 23.3. The van der Waals surface area contributed by atoms with Crippen molar-refractivity contribution in [2.45, 2.75) is 184 Å². The van der Waals surface area contributed by atoms with Crippen molar-refractivity contribution in [2.24, 2.45) is 0 Å². The van der Waals surface area contributed by atoms with Crippen LogP contribution in [0.5, 0.6) is 0 Å². The summed E-state index contributed by atoms with van der Waals surface area (Å²) >= 11 is -0.826. The summed E-state index contributed by atoms with van der Waals surface area (Å²) in [6, 6.07) is 33.5. The molecule has 0 saturated carbocycles. The van der Waals surface area contributed by atoms with Crippen LogP contribution in [0, 0.1) is 0 Å². The van der Waals surface area contributed by atoms with Gasteiger partial charge in [-0.1, -0.05) is 196 Å². The quantitative estimate of drug-likeness (QED) is 0.105. The topological polar surface area (TPSA) is 0 Å². The van der Waals surface area contributed by atoms with E-state index in [1.165, 1.54) is 88.3 Å². The predicted octanol–water partition coefficient (Wildman–Crippen LogP) is 20.0. The molecule has 0 N–H and O–H groups in total. The Morgan fingerprint density at radius 3 is 0.903 bits per heavy atom. The molecule has 4 heteroatoms. The Kier molecular flexibility index (Phi) is 20.3. The van der Waals surface area contributed by atoms with Crippen LogP contribution in [0.25, 0.3) is 43.8 Å². The molecule has 6 rings (SSSR count). The van der Waals surface area contributed by atoms with Gasteiger partial charge in [-0.15, -0.1) is 69.1 Å². The maximum atomic E-state index is 4.93. The molecule has 0 unspecified atom stereocenters. The molecule has 0 nitrogen and oxygen atoms in total. The maximum absolute atomic E-state index is 4.93. The van der Waals surface area contributed by atoms with E-state index in [0.29, 0.717) is 35.5 Å². The monoisotopic (exact) mass is 964 g/mol. The van der Waals surface area contributed by atoms with Crippen molar-refractivity contribution in [3.8, 4) is 22.3 Å². The number of hydrogen-bond acceptors (Lipinski definition) is 0. The number of benzene rings is 4. The third kappa shape index (κ3) is 13.9. The summed E-state index contributed by atoms with van der Waals surface area (Å²) in [5, 5.41) is 5.55. The molecule has 0 amide bonds. The van der Waals surface area contributed by atoms with Crippen LogP contribution in [0.3, 0.4) is 0 Å². The van der Waals surface area contributed by atoms with Crippen LogP contribution in [-0.2, 0) is 31.7 Å². The van der Waals surface area contributed by atoms with Gasteiger partial charge >= 0.3 is 37.9 Å². The molecule has 0 bridgehead atoms. The summed E-state index contributed by atoms with van der Waals surface area (Å²) in [5.74, 6) is 3.12. The minimum atomic E-state index is -0.826. The van der Waals surface area contributed by atoms with E-state index in [2.05, 4.69) is 223 Å². The molecule has 0 heterocycles. The Hall–Kier alpha value is -2.22. The van der Waals surface area contributed by atoms with Gasteiger partial charge in [0.15, 0.2) is 0 Å². The second-order valence-corrected chi connectivity index (χ2v) is 26.1. The van der Waals surface area contributed by atoms with Crippen molar-refractivity contribution in [3.05, 3.63) is 129 Å². The van der Waals surface area contributed by atoms with Crippen molar-refractivity contribution in [3.63, 3.8) is 0 Å². The van der Waals surface area contributed by atoms with Crippen LogP contribution in [0.2, 0.25) is 13.1 Å². The molecule has 0 aliphatic rings. The Balaban J connectivity index is 0.000000293. The molecule has 0 spiro atoms. The summed E-state index contributed by atoms with van der Waals surface area (Å²) in [6.45, 7) is 45.8. The van der Waals surface area contributed by atoms with Gasteiger partial charge in [0.2, 0.25) is 0 Å². The molecule has 0 saturated heterocycles. The summed E-state index contributed by atoms with van der Waals surface area (Å²) < 4.78 is 0. The standard InChI is InChI=1S/2C28H37.C2H6Si.2ClH.Zr/c2*1-17(2)21-12-22(18(3)4)14-23(13-21)27-25(19(5)6)11-10-20-15-24(16-26(20)27)28(7,8)9;1-3-2;;;/h2*10-19H,1-9H3;1-2H3;2*1H;/q2*-1;;;;+4/p-2. The van der Waals surface area contributed by atoms with Crippen LogP contribution >= 0.6 is 17.0 Å². The number of hydrogen-bond donors (Lipinski definition) is 0. The molecule has 0 aromatic heterocycles. The molecule has 334 valence electrons. The van der Waals surface area contributed by atoms with Crippen molar-refractivity contribution in [2.75, 3.05) is 0 Å². The van der Waals surface area contributed by atoms with Gasteiger partial charge in [-0.05, 0) is 79.7 Å². The SMILES string of the molecule is CC(C)c1cc(-c2c(C(C)C)ccc3[cH-]c(C(C)(C)C)cc23)cc(C(C)C)c1.CC(C)c1cc(-c2c(C(C)C)ccc3[cH-]c(C(C)(C)C)cc23)cc(C(C)C)c1.C[Si]C.[Cl][Zr+2][Cl]. The zero-order chi connectivity index (χ0) is 47.0. The Labute approximate surface area is 401 Å². The van der Waals surface area contributed by atoms with Crippen LogP contribution in [0.1, 0.15) is 205 Å². The van der Waals surface area contributed by atoms with Crippen molar-refractivity contribution in [1.82, 2.24) is 0 Å². The van der Waals surface area contributed by atoms with E-state index < -0.39 is 20.8 Å². The molecular formula is C58H80Cl2SiZr. The molecule has 6 aromatic rings. The van der Waals surface area contributed by atoms with Gasteiger partial charge < -0.3 is 0 Å². The fourth-order valence-corrected chi connectivity index (χ4v) is 8.04. The fourth-order valence-electron chi connectivity index (χ4n) is 8.04. The molecule has 0 aliphatic heterocycles. The van der Waals surface area contributed by atoms with E-state index in [9.17, 15) is 0 Å². The number of rotatable bonds is 8. The summed E-state index contributed by atoms with van der Waals surface area (Å²) in [7, 11) is 11.0. The van der Waals surface area contributed by atoms with Gasteiger partial charge in [-0.25, -0.2) is 0 Å². The summed E-state index contributed by atoms with van der Waals surface area (Å²) in [4.78, 5) is 0. The van der Waals surface area contributed by atoms with Gasteiger partial charge in [0.25, 0.3) is 0 Å². The molecule has 0 fully saturated rings. The van der Waals surface area contributed by atoms with Gasteiger partial charge in [0, 0.05) is 9.52 Å². The van der Waals surface area contributed by atoms with Crippen molar-refractivity contribution >= 4 is 48.1 Å².